The van der Waals surface area contributed by atoms with Crippen LogP contribution in [0.1, 0.15) is 21.9 Å². The van der Waals surface area contributed by atoms with Crippen molar-refractivity contribution in [2.75, 3.05) is 0 Å². The standard InChI is InChI=1S/C13H12N2O5/c1-8-2-4-11(10(6-8)15(17)18)19-7-9-3-5-12(20-9)13(14)16/h2-6H,7H2,1H3,(H2,14,16). The minimum Gasteiger partial charge on any atom is -0.479 e. The van der Waals surface area contributed by atoms with Gasteiger partial charge in [0.25, 0.3) is 5.91 Å². The van der Waals surface area contributed by atoms with Gasteiger partial charge in [-0.05, 0) is 30.7 Å². The molecule has 1 aromatic heterocycles. The van der Waals surface area contributed by atoms with Crippen LogP contribution in [0.15, 0.2) is 34.7 Å². The summed E-state index contributed by atoms with van der Waals surface area (Å²) in [5.74, 6) is -0.175. The number of rotatable bonds is 5. The molecule has 7 heteroatoms. The van der Waals surface area contributed by atoms with Crippen molar-refractivity contribution >= 4 is 11.6 Å². The lowest BCUT2D eigenvalue weighted by molar-refractivity contribution is -0.386. The first kappa shape index (κ1) is 13.6. The largest absolute Gasteiger partial charge is 0.479 e. The van der Waals surface area contributed by atoms with E-state index in [0.29, 0.717) is 5.76 Å². The van der Waals surface area contributed by atoms with Gasteiger partial charge in [0.1, 0.15) is 12.4 Å². The number of hydrogen-bond acceptors (Lipinski definition) is 5. The monoisotopic (exact) mass is 276 g/mol. The molecule has 0 aliphatic heterocycles. The second-order valence-electron chi connectivity index (χ2n) is 4.15. The minimum atomic E-state index is -0.683. The predicted molar refractivity (Wildman–Crippen MR) is 69.4 cm³/mol. The molecule has 0 saturated carbocycles. The number of carbonyl (C=O) groups is 1. The Morgan fingerprint density at radius 3 is 2.75 bits per heavy atom. The fraction of sp³-hybridized carbons (Fsp3) is 0.154. The Kier molecular flexibility index (Phi) is 3.69. The number of amides is 1. The van der Waals surface area contributed by atoms with Crippen LogP contribution >= 0.6 is 0 Å². The molecule has 1 heterocycles. The number of aryl methyl sites for hydroxylation is 1. The lowest BCUT2D eigenvalue weighted by Gasteiger charge is -2.05. The molecule has 1 aromatic carbocycles. The van der Waals surface area contributed by atoms with Crippen molar-refractivity contribution in [1.29, 1.82) is 0 Å². The third kappa shape index (κ3) is 2.94. The molecule has 1 amide bonds. The van der Waals surface area contributed by atoms with Crippen LogP contribution in [-0.2, 0) is 6.61 Å². The zero-order chi connectivity index (χ0) is 14.7. The highest BCUT2D eigenvalue weighted by Gasteiger charge is 2.16. The topological polar surface area (TPSA) is 109 Å². The van der Waals surface area contributed by atoms with Crippen molar-refractivity contribution in [3.63, 3.8) is 0 Å². The molecule has 2 N–H and O–H groups in total. The summed E-state index contributed by atoms with van der Waals surface area (Å²) < 4.78 is 10.5. The van der Waals surface area contributed by atoms with Crippen LogP contribution < -0.4 is 10.5 Å². The van der Waals surface area contributed by atoms with Crippen LogP contribution in [0.5, 0.6) is 5.75 Å². The summed E-state index contributed by atoms with van der Waals surface area (Å²) in [5, 5.41) is 10.9. The molecule has 2 aromatic rings. The highest BCUT2D eigenvalue weighted by atomic mass is 16.6. The molecule has 104 valence electrons. The average Bonchev–Trinajstić information content (AvgIpc) is 2.86. The second kappa shape index (κ2) is 5.43. The number of nitrogens with zero attached hydrogens (tertiary/aromatic N) is 1. The van der Waals surface area contributed by atoms with Crippen molar-refractivity contribution in [2.45, 2.75) is 13.5 Å². The number of benzene rings is 1. The van der Waals surface area contributed by atoms with E-state index < -0.39 is 10.8 Å². The van der Waals surface area contributed by atoms with Gasteiger partial charge < -0.3 is 14.9 Å². The normalized spacial score (nSPS) is 10.2. The molecule has 0 spiro atoms. The Morgan fingerprint density at radius 2 is 2.15 bits per heavy atom. The fourth-order valence-corrected chi connectivity index (χ4v) is 1.63. The summed E-state index contributed by atoms with van der Waals surface area (Å²) >= 11 is 0. The van der Waals surface area contributed by atoms with E-state index in [1.807, 2.05) is 0 Å². The number of nitrogens with two attached hydrogens (primary N) is 1. The van der Waals surface area contributed by atoms with Gasteiger partial charge in [0.15, 0.2) is 11.5 Å². The quantitative estimate of drug-likeness (QED) is 0.665. The smallest absolute Gasteiger partial charge is 0.311 e. The molecule has 0 fully saturated rings. The van der Waals surface area contributed by atoms with E-state index in [2.05, 4.69) is 0 Å². The van der Waals surface area contributed by atoms with Crippen molar-refractivity contribution in [1.82, 2.24) is 0 Å². The number of primary amides is 1. The number of nitro groups is 1. The summed E-state index contributed by atoms with van der Waals surface area (Å²) in [6, 6.07) is 7.60. The number of nitro benzene ring substituents is 1. The van der Waals surface area contributed by atoms with Crippen molar-refractivity contribution in [3.8, 4) is 5.75 Å². The van der Waals surface area contributed by atoms with Gasteiger partial charge in [-0.3, -0.25) is 14.9 Å². The third-order valence-corrected chi connectivity index (χ3v) is 2.59. The highest BCUT2D eigenvalue weighted by Crippen LogP contribution is 2.28. The van der Waals surface area contributed by atoms with Crippen LogP contribution in [0.3, 0.4) is 0 Å². The van der Waals surface area contributed by atoms with E-state index in [-0.39, 0.29) is 23.8 Å². The first-order valence-corrected chi connectivity index (χ1v) is 5.73. The zero-order valence-electron chi connectivity index (χ0n) is 10.7. The number of carbonyl (C=O) groups excluding carboxylic acids is 1. The van der Waals surface area contributed by atoms with Gasteiger partial charge in [-0.25, -0.2) is 0 Å². The molecule has 0 aliphatic carbocycles. The lowest BCUT2D eigenvalue weighted by atomic mass is 10.2. The van der Waals surface area contributed by atoms with E-state index in [4.69, 9.17) is 14.9 Å². The van der Waals surface area contributed by atoms with E-state index >= 15 is 0 Å². The molecular formula is C13H12N2O5. The lowest BCUT2D eigenvalue weighted by Crippen LogP contribution is -2.09. The Labute approximate surface area is 114 Å². The van der Waals surface area contributed by atoms with Crippen molar-refractivity contribution in [2.24, 2.45) is 5.73 Å². The van der Waals surface area contributed by atoms with Gasteiger partial charge in [-0.15, -0.1) is 0 Å². The molecule has 0 bridgehead atoms. The molecule has 20 heavy (non-hydrogen) atoms. The van der Waals surface area contributed by atoms with Crippen molar-refractivity contribution < 1.29 is 18.9 Å². The third-order valence-electron chi connectivity index (χ3n) is 2.59. The minimum absolute atomic E-state index is 0.0157. The molecule has 0 aliphatic rings. The van der Waals surface area contributed by atoms with Gasteiger partial charge in [-0.1, -0.05) is 6.07 Å². The van der Waals surface area contributed by atoms with Gasteiger partial charge in [0.2, 0.25) is 0 Å². The molecule has 7 nitrogen and oxygen atoms in total. The maximum absolute atomic E-state index is 10.9. The van der Waals surface area contributed by atoms with Gasteiger partial charge in [0, 0.05) is 6.07 Å². The van der Waals surface area contributed by atoms with Crippen LogP contribution in [0.4, 0.5) is 5.69 Å². The zero-order valence-corrected chi connectivity index (χ0v) is 10.7. The predicted octanol–water partition coefficient (Wildman–Crippen LogP) is 2.17. The van der Waals surface area contributed by atoms with E-state index in [1.165, 1.54) is 24.3 Å². The highest BCUT2D eigenvalue weighted by molar-refractivity contribution is 5.89. The first-order valence-electron chi connectivity index (χ1n) is 5.73. The molecule has 0 saturated heterocycles. The molecule has 0 atom stereocenters. The summed E-state index contributed by atoms with van der Waals surface area (Å²) in [6.45, 7) is 1.72. The summed E-state index contributed by atoms with van der Waals surface area (Å²) in [4.78, 5) is 21.3. The summed E-state index contributed by atoms with van der Waals surface area (Å²) in [7, 11) is 0. The summed E-state index contributed by atoms with van der Waals surface area (Å²) in [5.41, 5.74) is 5.70. The van der Waals surface area contributed by atoms with Gasteiger partial charge in [-0.2, -0.15) is 0 Å². The van der Waals surface area contributed by atoms with E-state index in [1.54, 1.807) is 13.0 Å². The van der Waals surface area contributed by atoms with Crippen LogP contribution in [0, 0.1) is 17.0 Å². The van der Waals surface area contributed by atoms with Crippen LogP contribution in [-0.4, -0.2) is 10.8 Å². The van der Waals surface area contributed by atoms with Gasteiger partial charge in [0.05, 0.1) is 4.92 Å². The maximum atomic E-state index is 10.9. The number of hydrogen-bond donors (Lipinski definition) is 1. The fourth-order valence-electron chi connectivity index (χ4n) is 1.63. The van der Waals surface area contributed by atoms with Gasteiger partial charge >= 0.3 is 5.69 Å². The van der Waals surface area contributed by atoms with Crippen molar-refractivity contribution in [3.05, 3.63) is 57.5 Å². The molecular weight excluding hydrogens is 264 g/mol. The molecule has 0 radical (unpaired) electrons. The maximum Gasteiger partial charge on any atom is 0.311 e. The first-order chi connectivity index (χ1) is 9.47. The second-order valence-corrected chi connectivity index (χ2v) is 4.15. The van der Waals surface area contributed by atoms with Crippen LogP contribution in [0.25, 0.3) is 0 Å². The SMILES string of the molecule is Cc1ccc(OCc2ccc(C(N)=O)o2)c([N+](=O)[O-])c1. The Hall–Kier alpha value is -2.83. The Bertz CT molecular complexity index is 663. The Morgan fingerprint density at radius 1 is 1.40 bits per heavy atom. The van der Waals surface area contributed by atoms with Crippen LogP contribution in [0.2, 0.25) is 0 Å². The average molecular weight is 276 g/mol. The summed E-state index contributed by atoms with van der Waals surface area (Å²) in [6.07, 6.45) is 0. The Balaban J connectivity index is 2.14. The number of ether oxygens (including phenoxy) is 1. The van der Waals surface area contributed by atoms with E-state index in [9.17, 15) is 14.9 Å². The molecule has 0 unspecified atom stereocenters. The van der Waals surface area contributed by atoms with E-state index in [0.717, 1.165) is 5.56 Å². The molecule has 2 rings (SSSR count). The number of furan rings is 1.